The maximum absolute atomic E-state index is 11.1. The number of rotatable bonds is 2. The lowest BCUT2D eigenvalue weighted by atomic mass is 10.1. The Labute approximate surface area is 76.0 Å². The number of ether oxygens (including phenoxy) is 1. The summed E-state index contributed by atoms with van der Waals surface area (Å²) in [5.74, 6) is 4.53. The van der Waals surface area contributed by atoms with Gasteiger partial charge in [0.1, 0.15) is 0 Å². The van der Waals surface area contributed by atoms with E-state index in [0.29, 0.717) is 5.56 Å². The zero-order chi connectivity index (χ0) is 9.68. The van der Waals surface area contributed by atoms with Crippen LogP contribution in [0.5, 0.6) is 0 Å². The molecule has 4 nitrogen and oxygen atoms in total. The Kier molecular flexibility index (Phi) is 3.03. The van der Waals surface area contributed by atoms with E-state index in [0.717, 1.165) is 0 Å². The summed E-state index contributed by atoms with van der Waals surface area (Å²) in [6.07, 6.45) is 0. The van der Waals surface area contributed by atoms with Crippen molar-refractivity contribution >= 4 is 11.7 Å². The Bertz CT molecular complexity index is 320. The summed E-state index contributed by atoms with van der Waals surface area (Å²) in [5, 5.41) is 3.37. The van der Waals surface area contributed by atoms with Crippen molar-refractivity contribution in [2.24, 2.45) is 10.9 Å². The number of methoxy groups -OCH3 is 1. The second-order valence-electron chi connectivity index (χ2n) is 2.34. The normalized spacial score (nSPS) is 11.0. The lowest BCUT2D eigenvalue weighted by Crippen LogP contribution is -2.18. The molecule has 0 heterocycles. The number of hydrogen-bond acceptors (Lipinski definition) is 4. The standard InChI is InChI=1S/C9H10N2O2/c1-13-9(12)8(11-10)7-5-3-2-4-6-7/h2-6H,10H2,1H3. The molecule has 13 heavy (non-hydrogen) atoms. The molecule has 0 fully saturated rings. The zero-order valence-electron chi connectivity index (χ0n) is 7.23. The first-order chi connectivity index (χ1) is 6.29. The summed E-state index contributed by atoms with van der Waals surface area (Å²) in [6.45, 7) is 0. The van der Waals surface area contributed by atoms with E-state index < -0.39 is 5.97 Å². The van der Waals surface area contributed by atoms with Gasteiger partial charge in [-0.3, -0.25) is 0 Å². The van der Waals surface area contributed by atoms with Crippen LogP contribution in [0, 0.1) is 0 Å². The molecule has 0 saturated heterocycles. The predicted molar refractivity (Wildman–Crippen MR) is 49.2 cm³/mol. The van der Waals surface area contributed by atoms with Gasteiger partial charge in [-0.2, -0.15) is 5.10 Å². The molecule has 0 aliphatic heterocycles. The van der Waals surface area contributed by atoms with E-state index in [4.69, 9.17) is 5.84 Å². The molecule has 1 aromatic carbocycles. The molecule has 0 saturated carbocycles. The molecule has 1 aromatic rings. The average molecular weight is 178 g/mol. The summed E-state index contributed by atoms with van der Waals surface area (Å²) in [6, 6.07) is 8.91. The van der Waals surface area contributed by atoms with Crippen molar-refractivity contribution in [3.63, 3.8) is 0 Å². The minimum absolute atomic E-state index is 0.128. The molecule has 1 rings (SSSR count). The van der Waals surface area contributed by atoms with Crippen molar-refractivity contribution in [3.05, 3.63) is 35.9 Å². The van der Waals surface area contributed by atoms with Crippen LogP contribution in [0.1, 0.15) is 5.56 Å². The highest BCUT2D eigenvalue weighted by molar-refractivity contribution is 6.43. The van der Waals surface area contributed by atoms with Gasteiger partial charge in [-0.25, -0.2) is 4.79 Å². The van der Waals surface area contributed by atoms with Crippen LogP contribution in [0.25, 0.3) is 0 Å². The Balaban J connectivity index is 3.00. The maximum atomic E-state index is 11.1. The summed E-state index contributed by atoms with van der Waals surface area (Å²) in [4.78, 5) is 11.1. The Morgan fingerprint density at radius 1 is 1.38 bits per heavy atom. The van der Waals surface area contributed by atoms with Gasteiger partial charge in [0.15, 0.2) is 5.71 Å². The van der Waals surface area contributed by atoms with E-state index in [1.807, 2.05) is 6.07 Å². The Morgan fingerprint density at radius 2 is 2.00 bits per heavy atom. The van der Waals surface area contributed by atoms with Crippen LogP contribution in [0.4, 0.5) is 0 Å². The fraction of sp³-hybridized carbons (Fsp3) is 0.111. The second kappa shape index (κ2) is 4.25. The lowest BCUT2D eigenvalue weighted by Gasteiger charge is -2.01. The number of benzene rings is 1. The van der Waals surface area contributed by atoms with E-state index in [-0.39, 0.29) is 5.71 Å². The first-order valence-electron chi connectivity index (χ1n) is 3.71. The number of esters is 1. The minimum Gasteiger partial charge on any atom is -0.464 e. The predicted octanol–water partition coefficient (Wildman–Crippen LogP) is 0.522. The molecule has 0 amide bonds. The van der Waals surface area contributed by atoms with E-state index >= 15 is 0 Å². The molecule has 0 atom stereocenters. The van der Waals surface area contributed by atoms with Crippen LogP contribution >= 0.6 is 0 Å². The summed E-state index contributed by atoms with van der Waals surface area (Å²) in [7, 11) is 1.29. The highest BCUT2D eigenvalue weighted by Gasteiger charge is 2.12. The molecule has 0 radical (unpaired) electrons. The SMILES string of the molecule is COC(=O)C(=NN)c1ccccc1. The lowest BCUT2D eigenvalue weighted by molar-refractivity contribution is -0.132. The van der Waals surface area contributed by atoms with Crippen molar-refractivity contribution in [2.45, 2.75) is 0 Å². The summed E-state index contributed by atoms with van der Waals surface area (Å²) >= 11 is 0. The van der Waals surface area contributed by atoms with Crippen molar-refractivity contribution in [1.29, 1.82) is 0 Å². The van der Waals surface area contributed by atoms with Gasteiger partial charge in [-0.15, -0.1) is 0 Å². The van der Waals surface area contributed by atoms with Crippen molar-refractivity contribution in [1.82, 2.24) is 0 Å². The maximum Gasteiger partial charge on any atom is 0.359 e. The molecule has 68 valence electrons. The van der Waals surface area contributed by atoms with E-state index in [1.54, 1.807) is 24.3 Å². The van der Waals surface area contributed by atoms with E-state index in [1.165, 1.54) is 7.11 Å². The molecular formula is C9H10N2O2. The number of hydrogen-bond donors (Lipinski definition) is 1. The molecule has 0 aliphatic carbocycles. The molecule has 2 N–H and O–H groups in total. The number of nitrogens with two attached hydrogens (primary N) is 1. The van der Waals surface area contributed by atoms with E-state index in [9.17, 15) is 4.79 Å². The number of carbonyl (C=O) groups is 1. The van der Waals surface area contributed by atoms with Crippen molar-refractivity contribution < 1.29 is 9.53 Å². The van der Waals surface area contributed by atoms with Gasteiger partial charge in [-0.1, -0.05) is 30.3 Å². The first-order valence-corrected chi connectivity index (χ1v) is 3.71. The topological polar surface area (TPSA) is 64.7 Å². The first kappa shape index (κ1) is 9.25. The second-order valence-corrected chi connectivity index (χ2v) is 2.34. The van der Waals surface area contributed by atoms with Crippen LogP contribution < -0.4 is 5.84 Å². The van der Waals surface area contributed by atoms with Crippen LogP contribution in [0.15, 0.2) is 35.4 Å². The van der Waals surface area contributed by atoms with Gasteiger partial charge in [0.2, 0.25) is 0 Å². The molecule has 0 aromatic heterocycles. The molecule has 0 aliphatic rings. The smallest absolute Gasteiger partial charge is 0.359 e. The number of carbonyl (C=O) groups excluding carboxylic acids is 1. The monoisotopic (exact) mass is 178 g/mol. The molecule has 0 unspecified atom stereocenters. The Morgan fingerprint density at radius 3 is 2.46 bits per heavy atom. The Hall–Kier alpha value is -1.84. The van der Waals surface area contributed by atoms with Crippen LogP contribution in [0.3, 0.4) is 0 Å². The fourth-order valence-electron chi connectivity index (χ4n) is 0.938. The van der Waals surface area contributed by atoms with Gasteiger partial charge >= 0.3 is 5.97 Å². The third-order valence-electron chi connectivity index (χ3n) is 1.56. The van der Waals surface area contributed by atoms with Crippen LogP contribution in [-0.4, -0.2) is 18.8 Å². The van der Waals surface area contributed by atoms with Crippen LogP contribution in [-0.2, 0) is 9.53 Å². The zero-order valence-corrected chi connectivity index (χ0v) is 7.23. The minimum atomic E-state index is -0.534. The fourth-order valence-corrected chi connectivity index (χ4v) is 0.938. The van der Waals surface area contributed by atoms with Crippen molar-refractivity contribution in [3.8, 4) is 0 Å². The van der Waals surface area contributed by atoms with Gasteiger partial charge in [-0.05, 0) is 0 Å². The molecular weight excluding hydrogens is 168 g/mol. The van der Waals surface area contributed by atoms with Gasteiger partial charge < -0.3 is 10.6 Å². The van der Waals surface area contributed by atoms with E-state index in [2.05, 4.69) is 9.84 Å². The third kappa shape index (κ3) is 2.05. The average Bonchev–Trinajstić information content (AvgIpc) is 2.20. The van der Waals surface area contributed by atoms with Crippen molar-refractivity contribution in [2.75, 3.05) is 7.11 Å². The molecule has 0 spiro atoms. The highest BCUT2D eigenvalue weighted by atomic mass is 16.5. The van der Waals surface area contributed by atoms with Gasteiger partial charge in [0.05, 0.1) is 7.11 Å². The van der Waals surface area contributed by atoms with Gasteiger partial charge in [0.25, 0.3) is 0 Å². The molecule has 0 bridgehead atoms. The van der Waals surface area contributed by atoms with Crippen LogP contribution in [0.2, 0.25) is 0 Å². The largest absolute Gasteiger partial charge is 0.464 e. The quantitative estimate of drug-likeness (QED) is 0.311. The van der Waals surface area contributed by atoms with Gasteiger partial charge in [0, 0.05) is 5.56 Å². The molecule has 4 heteroatoms. The summed E-state index contributed by atoms with van der Waals surface area (Å²) < 4.78 is 4.51. The number of nitrogens with zero attached hydrogens (tertiary/aromatic N) is 1. The summed E-state index contributed by atoms with van der Waals surface area (Å²) in [5.41, 5.74) is 0.778. The highest BCUT2D eigenvalue weighted by Crippen LogP contribution is 2.01. The third-order valence-corrected chi connectivity index (χ3v) is 1.56. The number of hydrazone groups is 1.